The van der Waals surface area contributed by atoms with Gasteiger partial charge in [0.2, 0.25) is 0 Å². The van der Waals surface area contributed by atoms with Crippen molar-refractivity contribution in [2.24, 2.45) is 0 Å². The van der Waals surface area contributed by atoms with Crippen molar-refractivity contribution < 1.29 is 13.2 Å². The number of halogens is 3. The lowest BCUT2D eigenvalue weighted by atomic mass is 10.1. The molecule has 0 aliphatic carbocycles. The van der Waals surface area contributed by atoms with Crippen molar-refractivity contribution in [1.82, 2.24) is 14.8 Å². The van der Waals surface area contributed by atoms with Crippen LogP contribution >= 0.6 is 12.2 Å². The summed E-state index contributed by atoms with van der Waals surface area (Å²) in [6.45, 7) is 1.62. The molecule has 0 aliphatic heterocycles. The molecule has 3 nitrogen and oxygen atoms in total. The zero-order chi connectivity index (χ0) is 16.6. The molecule has 0 saturated carbocycles. The van der Waals surface area contributed by atoms with Gasteiger partial charge in [0.05, 0.1) is 11.3 Å². The van der Waals surface area contributed by atoms with Gasteiger partial charge in [-0.15, -0.1) is 0 Å². The number of nitrogens with one attached hydrogen (secondary N) is 1. The van der Waals surface area contributed by atoms with E-state index in [1.54, 1.807) is 13.0 Å². The molecular weight excluding hydrogens is 323 g/mol. The summed E-state index contributed by atoms with van der Waals surface area (Å²) in [6.07, 6.45) is -4.42. The third kappa shape index (κ3) is 3.05. The topological polar surface area (TPSA) is 33.6 Å². The van der Waals surface area contributed by atoms with Gasteiger partial charge < -0.3 is 0 Å². The van der Waals surface area contributed by atoms with E-state index in [4.69, 9.17) is 12.2 Å². The minimum Gasteiger partial charge on any atom is -0.268 e. The van der Waals surface area contributed by atoms with Gasteiger partial charge in [0.25, 0.3) is 0 Å². The summed E-state index contributed by atoms with van der Waals surface area (Å²) >= 11 is 5.20. The van der Waals surface area contributed by atoms with Crippen LogP contribution in [0.3, 0.4) is 0 Å². The second kappa shape index (κ2) is 5.66. The molecular formula is C16H12F3N3S. The minimum atomic E-state index is -4.42. The normalized spacial score (nSPS) is 11.7. The molecule has 1 aromatic heterocycles. The molecule has 0 aliphatic rings. The van der Waals surface area contributed by atoms with Gasteiger partial charge in [0, 0.05) is 5.56 Å². The van der Waals surface area contributed by atoms with E-state index in [1.807, 2.05) is 30.3 Å². The third-order valence-electron chi connectivity index (χ3n) is 3.35. The Morgan fingerprint density at radius 3 is 2.43 bits per heavy atom. The number of aromatic nitrogens is 3. The van der Waals surface area contributed by atoms with Gasteiger partial charge in [-0.1, -0.05) is 30.3 Å². The second-order valence-corrected chi connectivity index (χ2v) is 5.50. The fraction of sp³-hybridized carbons (Fsp3) is 0.125. The summed E-state index contributed by atoms with van der Waals surface area (Å²) < 4.78 is 40.9. The van der Waals surface area contributed by atoms with E-state index in [1.165, 1.54) is 4.57 Å². The number of alkyl halides is 3. The first-order valence-corrected chi connectivity index (χ1v) is 7.19. The van der Waals surface area contributed by atoms with Crippen LogP contribution in [-0.2, 0) is 6.18 Å². The van der Waals surface area contributed by atoms with Gasteiger partial charge in [-0.2, -0.15) is 18.3 Å². The fourth-order valence-electron chi connectivity index (χ4n) is 2.37. The van der Waals surface area contributed by atoms with Gasteiger partial charge >= 0.3 is 6.18 Å². The van der Waals surface area contributed by atoms with E-state index in [0.717, 1.165) is 17.7 Å². The van der Waals surface area contributed by atoms with Gasteiger partial charge in [0.15, 0.2) is 10.6 Å². The zero-order valence-electron chi connectivity index (χ0n) is 12.1. The molecule has 3 rings (SSSR count). The largest absolute Gasteiger partial charge is 0.416 e. The molecule has 23 heavy (non-hydrogen) atoms. The average Bonchev–Trinajstić information content (AvgIpc) is 2.88. The summed E-state index contributed by atoms with van der Waals surface area (Å²) in [5, 5.41) is 6.79. The first-order chi connectivity index (χ1) is 10.9. The van der Waals surface area contributed by atoms with E-state index in [2.05, 4.69) is 10.2 Å². The average molecular weight is 335 g/mol. The number of hydrogen-bond acceptors (Lipinski definition) is 2. The SMILES string of the molecule is Cc1cc(-n2c(-c3ccccc3)n[nH]c2=S)cc(C(F)(F)F)c1. The van der Waals surface area contributed by atoms with Gasteiger partial charge in [-0.25, -0.2) is 0 Å². The highest BCUT2D eigenvalue weighted by Gasteiger charge is 2.31. The molecule has 118 valence electrons. The van der Waals surface area contributed by atoms with Crippen LogP contribution in [0.25, 0.3) is 17.1 Å². The van der Waals surface area contributed by atoms with Crippen LogP contribution in [0.15, 0.2) is 48.5 Å². The van der Waals surface area contributed by atoms with Crippen LogP contribution in [0.1, 0.15) is 11.1 Å². The Labute approximate surface area is 135 Å². The van der Waals surface area contributed by atoms with Crippen molar-refractivity contribution in [1.29, 1.82) is 0 Å². The molecule has 1 heterocycles. The molecule has 0 fully saturated rings. The quantitative estimate of drug-likeness (QED) is 0.674. The molecule has 0 atom stereocenters. The Morgan fingerprint density at radius 1 is 1.09 bits per heavy atom. The van der Waals surface area contributed by atoms with Crippen LogP contribution in [0.5, 0.6) is 0 Å². The Balaban J connectivity index is 2.23. The van der Waals surface area contributed by atoms with Crippen molar-refractivity contribution >= 4 is 12.2 Å². The van der Waals surface area contributed by atoms with E-state index in [9.17, 15) is 13.2 Å². The van der Waals surface area contributed by atoms with Crippen molar-refractivity contribution in [3.63, 3.8) is 0 Å². The van der Waals surface area contributed by atoms with Gasteiger partial charge in [-0.05, 0) is 42.9 Å². The highest BCUT2D eigenvalue weighted by atomic mass is 32.1. The van der Waals surface area contributed by atoms with E-state index >= 15 is 0 Å². The third-order valence-corrected chi connectivity index (χ3v) is 3.63. The fourth-order valence-corrected chi connectivity index (χ4v) is 2.61. The Morgan fingerprint density at radius 2 is 1.78 bits per heavy atom. The first-order valence-electron chi connectivity index (χ1n) is 6.78. The maximum absolute atomic E-state index is 13.1. The molecule has 0 saturated heterocycles. The van der Waals surface area contributed by atoms with Crippen molar-refractivity contribution in [2.45, 2.75) is 13.1 Å². The Kier molecular flexibility index (Phi) is 3.81. The lowest BCUT2D eigenvalue weighted by molar-refractivity contribution is -0.137. The van der Waals surface area contributed by atoms with Crippen LogP contribution in [0.2, 0.25) is 0 Å². The Hall–Kier alpha value is -2.41. The highest BCUT2D eigenvalue weighted by molar-refractivity contribution is 7.71. The van der Waals surface area contributed by atoms with Gasteiger partial charge in [0.1, 0.15) is 0 Å². The van der Waals surface area contributed by atoms with Crippen molar-refractivity contribution in [3.05, 3.63) is 64.4 Å². The minimum absolute atomic E-state index is 0.238. The standard InChI is InChI=1S/C16H12F3N3S/c1-10-7-12(16(17,18)19)9-13(8-10)22-14(20-21-15(22)23)11-5-3-2-4-6-11/h2-9H,1H3,(H,21,23). The lowest BCUT2D eigenvalue weighted by Gasteiger charge is -2.12. The lowest BCUT2D eigenvalue weighted by Crippen LogP contribution is -2.07. The molecule has 0 spiro atoms. The highest BCUT2D eigenvalue weighted by Crippen LogP contribution is 2.32. The maximum atomic E-state index is 13.1. The number of hydrogen-bond donors (Lipinski definition) is 1. The molecule has 0 bridgehead atoms. The van der Waals surface area contributed by atoms with Crippen molar-refractivity contribution in [2.75, 3.05) is 0 Å². The number of nitrogens with zero attached hydrogens (tertiary/aromatic N) is 2. The molecule has 0 amide bonds. The summed E-state index contributed by atoms with van der Waals surface area (Å²) in [7, 11) is 0. The first kappa shape index (κ1) is 15.5. The van der Waals surface area contributed by atoms with Crippen molar-refractivity contribution in [3.8, 4) is 17.1 Å². The van der Waals surface area contributed by atoms with Crippen LogP contribution in [-0.4, -0.2) is 14.8 Å². The summed E-state index contributed by atoms with van der Waals surface area (Å²) in [6, 6.07) is 13.0. The molecule has 7 heteroatoms. The number of benzene rings is 2. The molecule has 3 aromatic rings. The molecule has 1 N–H and O–H groups in total. The number of rotatable bonds is 2. The monoisotopic (exact) mass is 335 g/mol. The van der Waals surface area contributed by atoms with E-state index < -0.39 is 11.7 Å². The van der Waals surface area contributed by atoms with Gasteiger partial charge in [-0.3, -0.25) is 9.67 Å². The van der Waals surface area contributed by atoms with Crippen LogP contribution in [0.4, 0.5) is 13.2 Å². The summed E-state index contributed by atoms with van der Waals surface area (Å²) in [5.41, 5.74) is 0.872. The number of aromatic amines is 1. The van der Waals surface area contributed by atoms with E-state index in [-0.39, 0.29) is 4.77 Å². The maximum Gasteiger partial charge on any atom is 0.416 e. The summed E-state index contributed by atoms with van der Waals surface area (Å²) in [5.74, 6) is 0.467. The van der Waals surface area contributed by atoms with E-state index in [0.29, 0.717) is 17.1 Å². The number of aryl methyl sites for hydroxylation is 1. The second-order valence-electron chi connectivity index (χ2n) is 5.11. The predicted molar refractivity (Wildman–Crippen MR) is 83.9 cm³/mol. The molecule has 0 unspecified atom stereocenters. The van der Waals surface area contributed by atoms with Crippen LogP contribution in [0, 0.1) is 11.7 Å². The smallest absolute Gasteiger partial charge is 0.268 e. The summed E-state index contributed by atoms with van der Waals surface area (Å²) in [4.78, 5) is 0. The predicted octanol–water partition coefficient (Wildman–Crippen LogP) is 4.92. The number of H-pyrrole nitrogens is 1. The zero-order valence-corrected chi connectivity index (χ0v) is 12.9. The molecule has 0 radical (unpaired) electrons. The molecule has 2 aromatic carbocycles. The Bertz CT molecular complexity index is 895. The van der Waals surface area contributed by atoms with Crippen LogP contribution < -0.4 is 0 Å².